The molecule has 98 valence electrons. The van der Waals surface area contributed by atoms with Crippen LogP contribution in [-0.4, -0.2) is 0 Å². The summed E-state index contributed by atoms with van der Waals surface area (Å²) >= 11 is 0. The van der Waals surface area contributed by atoms with Gasteiger partial charge in [0.05, 0.1) is 0 Å². The van der Waals surface area contributed by atoms with Crippen molar-refractivity contribution in [2.24, 2.45) is 0 Å². The Morgan fingerprint density at radius 2 is 1.10 bits per heavy atom. The quantitative estimate of drug-likeness (QED) is 0.535. The van der Waals surface area contributed by atoms with Crippen molar-refractivity contribution in [1.82, 2.24) is 0 Å². The third-order valence-electron chi connectivity index (χ3n) is 4.51. The summed E-state index contributed by atoms with van der Waals surface area (Å²) in [5, 5.41) is 8.28. The molecule has 0 amide bonds. The number of fused-ring (bicyclic) bond motifs is 3. The van der Waals surface area contributed by atoms with Crippen LogP contribution in [0.25, 0.3) is 33.7 Å². The van der Waals surface area contributed by atoms with Gasteiger partial charge >= 0.3 is 0 Å². The smallest absolute Gasteiger partial charge is 0.0146 e. The first-order valence-corrected chi connectivity index (χ1v) is 7.36. The van der Waals surface area contributed by atoms with E-state index in [0.29, 0.717) is 0 Å². The summed E-state index contributed by atoms with van der Waals surface area (Å²) in [6.45, 7) is 4.40. The van der Waals surface area contributed by atoms with Crippen LogP contribution < -0.4 is 10.4 Å². The van der Waals surface area contributed by atoms with E-state index in [0.717, 1.165) is 0 Å². The largest absolute Gasteiger partial charge is 0.0763 e. The zero-order chi connectivity index (χ0) is 13.7. The average molecular weight is 258 g/mol. The molecular formula is C20H18. The fourth-order valence-electron chi connectivity index (χ4n) is 3.30. The van der Waals surface area contributed by atoms with Crippen LogP contribution in [-0.2, 0) is 0 Å². The number of benzene rings is 3. The highest BCUT2D eigenvalue weighted by molar-refractivity contribution is 6.01. The minimum atomic E-state index is 1.17. The molecule has 0 aromatic heterocycles. The van der Waals surface area contributed by atoms with E-state index in [4.69, 9.17) is 0 Å². The standard InChI is InChI=1S/C20H18/c1-13-7-8-14(2)20-12-18-10-16-6-4-3-5-15(16)9-17(18)11-19(13)20/h5-12H,3-4H2,1-2H3. The van der Waals surface area contributed by atoms with Gasteiger partial charge in [-0.1, -0.05) is 24.3 Å². The molecule has 0 spiro atoms. The molecule has 0 heteroatoms. The Labute approximate surface area is 119 Å². The van der Waals surface area contributed by atoms with Crippen molar-refractivity contribution in [3.8, 4) is 0 Å². The van der Waals surface area contributed by atoms with Gasteiger partial charge in [0, 0.05) is 0 Å². The van der Waals surface area contributed by atoms with Gasteiger partial charge in [0.15, 0.2) is 0 Å². The zero-order valence-electron chi connectivity index (χ0n) is 12.0. The van der Waals surface area contributed by atoms with Crippen LogP contribution in [0, 0.1) is 13.8 Å². The predicted octanol–water partition coefficient (Wildman–Crippen LogP) is 3.96. The minimum Gasteiger partial charge on any atom is -0.0763 e. The molecule has 1 aliphatic carbocycles. The third-order valence-corrected chi connectivity index (χ3v) is 4.51. The van der Waals surface area contributed by atoms with Crippen LogP contribution in [0.1, 0.15) is 24.0 Å². The zero-order valence-corrected chi connectivity index (χ0v) is 12.0. The molecule has 0 nitrogen and oxygen atoms in total. The van der Waals surface area contributed by atoms with Gasteiger partial charge < -0.3 is 0 Å². The van der Waals surface area contributed by atoms with E-state index in [1.54, 1.807) is 0 Å². The van der Waals surface area contributed by atoms with E-state index >= 15 is 0 Å². The topological polar surface area (TPSA) is 0 Å². The van der Waals surface area contributed by atoms with E-state index in [1.165, 1.54) is 56.0 Å². The first-order chi connectivity index (χ1) is 9.72. The SMILES string of the molecule is Cc1ccc(C)c2cc3cc4c(cc3cc12)=CCCC=4. The van der Waals surface area contributed by atoms with Crippen molar-refractivity contribution >= 4 is 33.7 Å². The van der Waals surface area contributed by atoms with E-state index in [9.17, 15) is 0 Å². The highest BCUT2D eigenvalue weighted by atomic mass is 14.1. The molecule has 20 heavy (non-hydrogen) atoms. The van der Waals surface area contributed by atoms with E-state index < -0.39 is 0 Å². The highest BCUT2D eigenvalue weighted by Gasteiger charge is 2.04. The number of rotatable bonds is 0. The summed E-state index contributed by atoms with van der Waals surface area (Å²) in [4.78, 5) is 0. The molecular weight excluding hydrogens is 240 g/mol. The Kier molecular flexibility index (Phi) is 2.47. The maximum absolute atomic E-state index is 2.36. The first kappa shape index (κ1) is 11.7. The van der Waals surface area contributed by atoms with E-state index in [-0.39, 0.29) is 0 Å². The Morgan fingerprint density at radius 3 is 1.55 bits per heavy atom. The summed E-state index contributed by atoms with van der Waals surface area (Å²) in [7, 11) is 0. The predicted molar refractivity (Wildman–Crippen MR) is 88.3 cm³/mol. The van der Waals surface area contributed by atoms with E-state index in [2.05, 4.69) is 62.4 Å². The van der Waals surface area contributed by atoms with Gasteiger partial charge in [0.2, 0.25) is 0 Å². The van der Waals surface area contributed by atoms with Crippen molar-refractivity contribution in [2.75, 3.05) is 0 Å². The summed E-state index contributed by atoms with van der Waals surface area (Å²) < 4.78 is 0. The van der Waals surface area contributed by atoms with Gasteiger partial charge in [-0.3, -0.25) is 0 Å². The number of hydrogen-bond donors (Lipinski definition) is 0. The van der Waals surface area contributed by atoms with Gasteiger partial charge in [-0.15, -0.1) is 0 Å². The first-order valence-electron chi connectivity index (χ1n) is 7.36. The summed E-state index contributed by atoms with van der Waals surface area (Å²) in [5.41, 5.74) is 2.72. The molecule has 3 aromatic rings. The normalized spacial score (nSPS) is 13.9. The lowest BCUT2D eigenvalue weighted by Gasteiger charge is -2.09. The Hall–Kier alpha value is -2.08. The maximum atomic E-state index is 2.36. The van der Waals surface area contributed by atoms with Crippen LogP contribution in [0.4, 0.5) is 0 Å². The lowest BCUT2D eigenvalue weighted by atomic mass is 9.95. The fourth-order valence-corrected chi connectivity index (χ4v) is 3.30. The molecule has 0 atom stereocenters. The summed E-state index contributed by atoms with van der Waals surface area (Å²) in [6, 6.07) is 13.9. The second-order valence-corrected chi connectivity index (χ2v) is 5.91. The molecule has 0 aliphatic heterocycles. The molecule has 3 aromatic carbocycles. The Bertz CT molecular complexity index is 879. The molecule has 1 aliphatic rings. The molecule has 0 saturated heterocycles. The highest BCUT2D eigenvalue weighted by Crippen LogP contribution is 2.26. The van der Waals surface area contributed by atoms with Gasteiger partial charge in [-0.05, 0) is 94.1 Å². The van der Waals surface area contributed by atoms with Crippen molar-refractivity contribution in [3.63, 3.8) is 0 Å². The second-order valence-electron chi connectivity index (χ2n) is 5.91. The van der Waals surface area contributed by atoms with Crippen LogP contribution in [0.5, 0.6) is 0 Å². The lowest BCUT2D eigenvalue weighted by Crippen LogP contribution is -2.26. The Balaban J connectivity index is 2.21. The van der Waals surface area contributed by atoms with Crippen molar-refractivity contribution in [1.29, 1.82) is 0 Å². The molecule has 4 rings (SSSR count). The molecule has 0 fully saturated rings. The fraction of sp³-hybridized carbons (Fsp3) is 0.200. The number of aryl methyl sites for hydroxylation is 2. The van der Waals surface area contributed by atoms with Crippen molar-refractivity contribution in [2.45, 2.75) is 26.7 Å². The Morgan fingerprint density at radius 1 is 0.650 bits per heavy atom. The number of hydrogen-bond acceptors (Lipinski definition) is 0. The van der Waals surface area contributed by atoms with Crippen molar-refractivity contribution in [3.05, 3.63) is 58.0 Å². The maximum Gasteiger partial charge on any atom is -0.0146 e. The molecule has 0 saturated carbocycles. The molecule has 0 heterocycles. The van der Waals surface area contributed by atoms with Crippen LogP contribution in [0.15, 0.2) is 36.4 Å². The second kappa shape index (κ2) is 4.21. The van der Waals surface area contributed by atoms with E-state index in [1.807, 2.05) is 0 Å². The molecule has 0 bridgehead atoms. The minimum absolute atomic E-state index is 1.17. The lowest BCUT2D eigenvalue weighted by molar-refractivity contribution is 1.12. The van der Waals surface area contributed by atoms with Crippen LogP contribution >= 0.6 is 0 Å². The molecule has 0 unspecified atom stereocenters. The van der Waals surface area contributed by atoms with Gasteiger partial charge in [0.1, 0.15) is 0 Å². The molecule has 0 radical (unpaired) electrons. The summed E-state index contributed by atoms with van der Waals surface area (Å²) in [5.74, 6) is 0. The average Bonchev–Trinajstić information content (AvgIpc) is 2.47. The van der Waals surface area contributed by atoms with Gasteiger partial charge in [-0.2, -0.15) is 0 Å². The third kappa shape index (κ3) is 1.68. The van der Waals surface area contributed by atoms with Crippen LogP contribution in [0.3, 0.4) is 0 Å². The van der Waals surface area contributed by atoms with Crippen LogP contribution in [0.2, 0.25) is 0 Å². The summed E-state index contributed by atoms with van der Waals surface area (Å²) in [6.07, 6.45) is 7.07. The molecule has 0 N–H and O–H groups in total. The van der Waals surface area contributed by atoms with Gasteiger partial charge in [-0.25, -0.2) is 0 Å². The monoisotopic (exact) mass is 258 g/mol. The van der Waals surface area contributed by atoms with Crippen molar-refractivity contribution < 1.29 is 0 Å². The van der Waals surface area contributed by atoms with Gasteiger partial charge in [0.25, 0.3) is 0 Å².